The van der Waals surface area contributed by atoms with E-state index in [4.69, 9.17) is 10.00 Å². The fraction of sp³-hybridized carbons (Fsp3) is 0.235. The summed E-state index contributed by atoms with van der Waals surface area (Å²) >= 11 is 1.17. The van der Waals surface area contributed by atoms with Crippen molar-refractivity contribution in [3.05, 3.63) is 41.2 Å². The summed E-state index contributed by atoms with van der Waals surface area (Å²) in [5, 5.41) is 17.5. The number of ether oxygens (including phenoxy) is 1. The zero-order valence-electron chi connectivity index (χ0n) is 13.8. The van der Waals surface area contributed by atoms with Gasteiger partial charge in [-0.15, -0.1) is 0 Å². The summed E-state index contributed by atoms with van der Waals surface area (Å²) in [5.41, 5.74) is 2.62. The Morgan fingerprint density at radius 2 is 2.24 bits per heavy atom. The second-order valence-electron chi connectivity index (χ2n) is 5.43. The van der Waals surface area contributed by atoms with Crippen molar-refractivity contribution in [1.82, 2.24) is 15.2 Å². The quantitative estimate of drug-likeness (QED) is 0.649. The van der Waals surface area contributed by atoms with E-state index in [1.807, 2.05) is 31.2 Å². The molecular formula is C17H16FN5OS. The third-order valence-corrected chi connectivity index (χ3v) is 4.44. The molecular weight excluding hydrogens is 341 g/mol. The van der Waals surface area contributed by atoms with Gasteiger partial charge in [0.25, 0.3) is 0 Å². The standard InChI is InChI=1S/C17H16FN5OS/c1-10-5-6-12-14(8-10)21-22-17(12)25-23-15-13(18)9-11(4-3-7-19)16(20-15)24-2/h5-6,8-9H,3-4H2,1-2H3,(H,20,23)(H,21,22). The van der Waals surface area contributed by atoms with Gasteiger partial charge in [-0.1, -0.05) is 6.07 Å². The molecule has 8 heteroatoms. The number of aryl methyl sites for hydroxylation is 2. The van der Waals surface area contributed by atoms with Crippen LogP contribution in [0.3, 0.4) is 0 Å². The van der Waals surface area contributed by atoms with Gasteiger partial charge < -0.3 is 9.46 Å². The first-order valence-electron chi connectivity index (χ1n) is 7.60. The monoisotopic (exact) mass is 357 g/mol. The van der Waals surface area contributed by atoms with Gasteiger partial charge >= 0.3 is 0 Å². The molecule has 0 aliphatic carbocycles. The summed E-state index contributed by atoms with van der Waals surface area (Å²) in [7, 11) is 1.47. The lowest BCUT2D eigenvalue weighted by Gasteiger charge is -2.10. The Morgan fingerprint density at radius 1 is 1.40 bits per heavy atom. The van der Waals surface area contributed by atoms with Crippen molar-refractivity contribution in [2.24, 2.45) is 0 Å². The van der Waals surface area contributed by atoms with Gasteiger partial charge in [0.2, 0.25) is 5.88 Å². The van der Waals surface area contributed by atoms with E-state index in [1.165, 1.54) is 25.1 Å². The first kappa shape index (κ1) is 17.0. The Hall–Kier alpha value is -2.79. The van der Waals surface area contributed by atoms with E-state index in [0.717, 1.165) is 16.5 Å². The second-order valence-corrected chi connectivity index (χ2v) is 6.22. The molecule has 0 saturated heterocycles. The zero-order valence-corrected chi connectivity index (χ0v) is 14.6. The van der Waals surface area contributed by atoms with Crippen molar-refractivity contribution in [3.8, 4) is 11.9 Å². The summed E-state index contributed by atoms with van der Waals surface area (Å²) in [6, 6.07) is 9.33. The Bertz CT molecular complexity index is 950. The lowest BCUT2D eigenvalue weighted by molar-refractivity contribution is 0.391. The lowest BCUT2D eigenvalue weighted by atomic mass is 10.1. The maximum atomic E-state index is 14.3. The van der Waals surface area contributed by atoms with Gasteiger partial charge in [0.05, 0.1) is 18.7 Å². The summed E-state index contributed by atoms with van der Waals surface area (Å²) in [4.78, 5) is 4.16. The number of nitrogens with one attached hydrogen (secondary N) is 2. The van der Waals surface area contributed by atoms with E-state index < -0.39 is 5.82 Å². The minimum Gasteiger partial charge on any atom is -0.481 e. The smallest absolute Gasteiger partial charge is 0.218 e. The van der Waals surface area contributed by atoms with E-state index in [-0.39, 0.29) is 12.2 Å². The number of hydrogen-bond acceptors (Lipinski definition) is 6. The molecule has 1 aromatic carbocycles. The largest absolute Gasteiger partial charge is 0.481 e. The van der Waals surface area contributed by atoms with Gasteiger partial charge in [0.1, 0.15) is 5.03 Å². The zero-order chi connectivity index (χ0) is 17.8. The van der Waals surface area contributed by atoms with Crippen molar-refractivity contribution >= 4 is 28.7 Å². The van der Waals surface area contributed by atoms with Gasteiger partial charge in [0, 0.05) is 29.3 Å². The molecule has 2 aromatic heterocycles. The number of anilines is 1. The predicted molar refractivity (Wildman–Crippen MR) is 95.0 cm³/mol. The second kappa shape index (κ2) is 7.40. The number of benzene rings is 1. The Kier molecular flexibility index (Phi) is 5.05. The van der Waals surface area contributed by atoms with Crippen LogP contribution in [0.25, 0.3) is 10.9 Å². The number of pyridine rings is 1. The molecule has 0 fully saturated rings. The number of methoxy groups -OCH3 is 1. The molecule has 2 N–H and O–H groups in total. The molecule has 0 aliphatic rings. The average Bonchev–Trinajstić information content (AvgIpc) is 3.01. The third kappa shape index (κ3) is 3.67. The first-order chi connectivity index (χ1) is 12.1. The van der Waals surface area contributed by atoms with Gasteiger partial charge in [-0.25, -0.2) is 4.39 Å². The molecule has 0 spiro atoms. The highest BCUT2D eigenvalue weighted by Gasteiger charge is 2.14. The van der Waals surface area contributed by atoms with Gasteiger partial charge in [-0.05, 0) is 37.1 Å². The number of rotatable bonds is 6. The molecule has 3 aromatic rings. The highest BCUT2D eigenvalue weighted by molar-refractivity contribution is 8.00. The first-order valence-corrected chi connectivity index (χ1v) is 8.42. The molecule has 128 valence electrons. The summed E-state index contributed by atoms with van der Waals surface area (Å²) < 4.78 is 22.4. The number of hydrogen-bond donors (Lipinski definition) is 2. The maximum absolute atomic E-state index is 14.3. The molecule has 0 bridgehead atoms. The van der Waals surface area contributed by atoms with Crippen LogP contribution in [0, 0.1) is 24.1 Å². The average molecular weight is 357 g/mol. The van der Waals surface area contributed by atoms with E-state index in [9.17, 15) is 4.39 Å². The molecule has 0 aliphatic heterocycles. The molecule has 25 heavy (non-hydrogen) atoms. The van der Waals surface area contributed by atoms with Crippen molar-refractivity contribution in [3.63, 3.8) is 0 Å². The van der Waals surface area contributed by atoms with Crippen LogP contribution in [0.2, 0.25) is 0 Å². The molecule has 0 saturated carbocycles. The number of nitrogens with zero attached hydrogens (tertiary/aromatic N) is 3. The molecule has 0 amide bonds. The van der Waals surface area contributed by atoms with Crippen LogP contribution in [-0.4, -0.2) is 22.3 Å². The number of halogens is 1. The normalized spacial score (nSPS) is 10.6. The van der Waals surface area contributed by atoms with Crippen LogP contribution in [0.1, 0.15) is 17.5 Å². The van der Waals surface area contributed by atoms with Crippen molar-refractivity contribution in [2.75, 3.05) is 11.8 Å². The molecule has 0 atom stereocenters. The van der Waals surface area contributed by atoms with Crippen molar-refractivity contribution in [1.29, 1.82) is 5.26 Å². The van der Waals surface area contributed by atoms with Crippen LogP contribution in [0.15, 0.2) is 29.3 Å². The van der Waals surface area contributed by atoms with Gasteiger partial charge in [-0.3, -0.25) is 5.10 Å². The molecule has 0 unspecified atom stereocenters. The molecule has 0 radical (unpaired) electrons. The maximum Gasteiger partial charge on any atom is 0.218 e. The Labute approximate surface area is 148 Å². The topological polar surface area (TPSA) is 86.6 Å². The highest BCUT2D eigenvalue weighted by Crippen LogP contribution is 2.29. The van der Waals surface area contributed by atoms with Crippen LogP contribution < -0.4 is 9.46 Å². The fourth-order valence-corrected chi connectivity index (χ4v) is 3.13. The third-order valence-electron chi connectivity index (χ3n) is 3.64. The van der Waals surface area contributed by atoms with Crippen LogP contribution in [-0.2, 0) is 6.42 Å². The number of H-pyrrole nitrogens is 1. The Morgan fingerprint density at radius 3 is 3.00 bits per heavy atom. The number of fused-ring (bicyclic) bond motifs is 1. The van der Waals surface area contributed by atoms with E-state index in [0.29, 0.717) is 22.9 Å². The minimum atomic E-state index is -0.503. The molecule has 3 rings (SSSR count). The molecule has 2 heterocycles. The summed E-state index contributed by atoms with van der Waals surface area (Å²) in [6.45, 7) is 2.00. The minimum absolute atomic E-state index is 0.0609. The summed E-state index contributed by atoms with van der Waals surface area (Å²) in [6.07, 6.45) is 0.665. The van der Waals surface area contributed by atoms with Crippen molar-refractivity contribution in [2.45, 2.75) is 24.8 Å². The summed E-state index contributed by atoms with van der Waals surface area (Å²) in [5.74, 6) is -0.134. The Balaban J connectivity index is 1.81. The SMILES string of the molecule is COc1nc(NSc2n[nH]c3cc(C)ccc23)c(F)cc1CCC#N. The van der Waals surface area contributed by atoms with Gasteiger partial charge in [-0.2, -0.15) is 15.3 Å². The molecule has 6 nitrogen and oxygen atoms in total. The lowest BCUT2D eigenvalue weighted by Crippen LogP contribution is -2.02. The number of nitriles is 1. The van der Waals surface area contributed by atoms with Crippen LogP contribution in [0.4, 0.5) is 10.2 Å². The number of aromatic nitrogens is 3. The van der Waals surface area contributed by atoms with E-state index >= 15 is 0 Å². The van der Waals surface area contributed by atoms with Crippen LogP contribution >= 0.6 is 11.9 Å². The number of aromatic amines is 1. The highest BCUT2D eigenvalue weighted by atomic mass is 32.2. The van der Waals surface area contributed by atoms with E-state index in [2.05, 4.69) is 19.9 Å². The van der Waals surface area contributed by atoms with Crippen LogP contribution in [0.5, 0.6) is 5.88 Å². The van der Waals surface area contributed by atoms with Crippen molar-refractivity contribution < 1.29 is 9.13 Å². The predicted octanol–water partition coefficient (Wildman–Crippen LogP) is 3.99. The van der Waals surface area contributed by atoms with Gasteiger partial charge in [0.15, 0.2) is 11.6 Å². The van der Waals surface area contributed by atoms with E-state index in [1.54, 1.807) is 0 Å². The fourth-order valence-electron chi connectivity index (χ4n) is 2.41.